The summed E-state index contributed by atoms with van der Waals surface area (Å²) < 4.78 is 21.4. The molecule has 1 amide bonds. The zero-order valence-corrected chi connectivity index (χ0v) is 23.6. The fraction of sp³-hybridized carbons (Fsp3) is 0.154. The SMILES string of the molecule is CC(C)c1nc2ccc(Br)cc2c(=O)n1N=Cc1cc(Cl)cc(Br)c1OCC(=O)Nc1ccc(F)cc1. The van der Waals surface area contributed by atoms with Crippen LogP contribution in [0.4, 0.5) is 10.1 Å². The summed E-state index contributed by atoms with van der Waals surface area (Å²) in [6.07, 6.45) is 1.43. The molecule has 0 aliphatic rings. The molecule has 1 aromatic heterocycles. The highest BCUT2D eigenvalue weighted by Gasteiger charge is 2.16. The molecule has 0 spiro atoms. The second-order valence-corrected chi connectivity index (χ2v) is 10.5. The summed E-state index contributed by atoms with van der Waals surface area (Å²) in [5.74, 6) is -0.151. The minimum absolute atomic E-state index is 0.0881. The molecule has 0 bridgehead atoms. The van der Waals surface area contributed by atoms with Crippen molar-refractivity contribution in [2.45, 2.75) is 19.8 Å². The standard InChI is InChI=1S/C26H20Br2ClFN4O3/c1-14(2)25-33-22-8-3-16(27)10-20(22)26(36)34(25)31-12-15-9-17(29)11-21(28)24(15)37-13-23(35)32-19-6-4-18(30)5-7-19/h3-12,14H,13H2,1-2H3,(H,32,35). The summed E-state index contributed by atoms with van der Waals surface area (Å²) in [4.78, 5) is 30.3. The molecule has 0 unspecified atom stereocenters. The minimum atomic E-state index is -0.445. The average Bonchev–Trinajstić information content (AvgIpc) is 2.84. The van der Waals surface area contributed by atoms with Gasteiger partial charge < -0.3 is 10.1 Å². The number of rotatable bonds is 7. The quantitative estimate of drug-likeness (QED) is 0.225. The van der Waals surface area contributed by atoms with E-state index in [4.69, 9.17) is 16.3 Å². The number of benzene rings is 3. The van der Waals surface area contributed by atoms with E-state index in [-0.39, 0.29) is 18.1 Å². The summed E-state index contributed by atoms with van der Waals surface area (Å²) in [6.45, 7) is 3.51. The first-order valence-electron chi connectivity index (χ1n) is 11.1. The molecule has 190 valence electrons. The average molecular weight is 651 g/mol. The fourth-order valence-corrected chi connectivity index (χ4v) is 4.78. The van der Waals surface area contributed by atoms with Crippen LogP contribution >= 0.6 is 43.5 Å². The van der Waals surface area contributed by atoms with Crippen LogP contribution in [-0.4, -0.2) is 28.4 Å². The van der Waals surface area contributed by atoms with Gasteiger partial charge in [-0.25, -0.2) is 9.37 Å². The predicted molar refractivity (Wildman–Crippen MR) is 150 cm³/mol. The molecule has 0 fully saturated rings. The molecule has 0 aliphatic carbocycles. The van der Waals surface area contributed by atoms with Crippen molar-refractivity contribution in [2.24, 2.45) is 5.10 Å². The van der Waals surface area contributed by atoms with Gasteiger partial charge in [0.05, 0.1) is 21.6 Å². The Morgan fingerprint density at radius 1 is 1.19 bits per heavy atom. The number of aromatic nitrogens is 2. The van der Waals surface area contributed by atoms with Gasteiger partial charge in [-0.05, 0) is 70.5 Å². The smallest absolute Gasteiger partial charge is 0.282 e. The highest BCUT2D eigenvalue weighted by Crippen LogP contribution is 2.32. The Labute approximate surface area is 233 Å². The maximum absolute atomic E-state index is 13.3. The van der Waals surface area contributed by atoms with E-state index in [1.54, 1.807) is 24.3 Å². The van der Waals surface area contributed by atoms with Crippen molar-refractivity contribution in [3.8, 4) is 5.75 Å². The predicted octanol–water partition coefficient (Wildman–Crippen LogP) is 6.74. The van der Waals surface area contributed by atoms with Gasteiger partial charge in [0.25, 0.3) is 11.5 Å². The normalized spacial score (nSPS) is 11.4. The first-order valence-corrected chi connectivity index (χ1v) is 13.0. The van der Waals surface area contributed by atoms with Crippen molar-refractivity contribution in [3.63, 3.8) is 0 Å². The highest BCUT2D eigenvalue weighted by molar-refractivity contribution is 9.10. The third-order valence-electron chi connectivity index (χ3n) is 5.17. The van der Waals surface area contributed by atoms with Crippen LogP contribution in [0.5, 0.6) is 5.75 Å². The minimum Gasteiger partial charge on any atom is -0.482 e. The zero-order valence-electron chi connectivity index (χ0n) is 19.6. The summed E-state index contributed by atoms with van der Waals surface area (Å²) >= 11 is 13.1. The maximum Gasteiger partial charge on any atom is 0.282 e. The Bertz CT molecular complexity index is 1570. The molecule has 4 rings (SSSR count). The summed E-state index contributed by atoms with van der Waals surface area (Å²) in [5.41, 5.74) is 1.12. The van der Waals surface area contributed by atoms with Crippen molar-refractivity contribution in [1.82, 2.24) is 9.66 Å². The molecule has 1 N–H and O–H groups in total. The largest absolute Gasteiger partial charge is 0.482 e. The number of fused-ring (bicyclic) bond motifs is 1. The number of hydrogen-bond donors (Lipinski definition) is 1. The number of hydrogen-bond acceptors (Lipinski definition) is 5. The summed E-state index contributed by atoms with van der Waals surface area (Å²) in [5, 5.41) is 7.87. The monoisotopic (exact) mass is 648 g/mol. The molecule has 0 aliphatic heterocycles. The number of halogens is 4. The molecule has 7 nitrogen and oxygen atoms in total. The lowest BCUT2D eigenvalue weighted by molar-refractivity contribution is -0.118. The summed E-state index contributed by atoms with van der Waals surface area (Å²) in [7, 11) is 0. The lowest BCUT2D eigenvalue weighted by Crippen LogP contribution is -2.23. The van der Waals surface area contributed by atoms with E-state index in [1.165, 1.54) is 35.2 Å². The second-order valence-electron chi connectivity index (χ2n) is 8.30. The summed E-state index contributed by atoms with van der Waals surface area (Å²) in [6, 6.07) is 13.9. The Kier molecular flexibility index (Phi) is 8.41. The molecule has 0 atom stereocenters. The highest BCUT2D eigenvalue weighted by atomic mass is 79.9. The number of carbonyl (C=O) groups is 1. The van der Waals surface area contributed by atoms with Crippen LogP contribution in [0.3, 0.4) is 0 Å². The van der Waals surface area contributed by atoms with Crippen LogP contribution in [0.25, 0.3) is 10.9 Å². The Morgan fingerprint density at radius 3 is 2.62 bits per heavy atom. The van der Waals surface area contributed by atoms with Gasteiger partial charge in [0, 0.05) is 26.7 Å². The van der Waals surface area contributed by atoms with Crippen molar-refractivity contribution in [1.29, 1.82) is 0 Å². The van der Waals surface area contributed by atoms with E-state index in [1.807, 2.05) is 19.9 Å². The maximum atomic E-state index is 13.3. The van der Waals surface area contributed by atoms with Crippen LogP contribution in [0.15, 0.2) is 73.4 Å². The molecule has 0 radical (unpaired) electrons. The molecular formula is C26H20Br2ClFN4O3. The third kappa shape index (κ3) is 6.44. The van der Waals surface area contributed by atoms with Crippen LogP contribution in [0.2, 0.25) is 5.02 Å². The number of carbonyl (C=O) groups excluding carboxylic acids is 1. The molecule has 4 aromatic rings. The third-order valence-corrected chi connectivity index (χ3v) is 6.48. The second kappa shape index (κ2) is 11.5. The van der Waals surface area contributed by atoms with Crippen molar-refractivity contribution < 1.29 is 13.9 Å². The van der Waals surface area contributed by atoms with E-state index >= 15 is 0 Å². The Morgan fingerprint density at radius 2 is 1.92 bits per heavy atom. The molecule has 3 aromatic carbocycles. The molecule has 37 heavy (non-hydrogen) atoms. The Hall–Kier alpha value is -3.08. The number of nitrogens with zero attached hydrogens (tertiary/aromatic N) is 3. The lowest BCUT2D eigenvalue weighted by atomic mass is 10.2. The molecule has 1 heterocycles. The van der Waals surface area contributed by atoms with Gasteiger partial charge >= 0.3 is 0 Å². The van der Waals surface area contributed by atoms with Crippen LogP contribution < -0.4 is 15.6 Å². The van der Waals surface area contributed by atoms with Gasteiger partial charge in [0.15, 0.2) is 6.61 Å². The molecule has 0 saturated heterocycles. The molecule has 11 heteroatoms. The number of amides is 1. The van der Waals surface area contributed by atoms with E-state index in [9.17, 15) is 14.0 Å². The van der Waals surface area contributed by atoms with Crippen molar-refractivity contribution >= 4 is 72.2 Å². The van der Waals surface area contributed by atoms with Crippen LogP contribution in [0.1, 0.15) is 31.2 Å². The molecule has 0 saturated carbocycles. The van der Waals surface area contributed by atoms with Gasteiger partial charge in [0.2, 0.25) is 0 Å². The fourth-order valence-electron chi connectivity index (χ4n) is 3.47. The lowest BCUT2D eigenvalue weighted by Gasteiger charge is -2.14. The van der Waals surface area contributed by atoms with Crippen molar-refractivity contribution in [3.05, 3.63) is 96.1 Å². The van der Waals surface area contributed by atoms with E-state index in [0.29, 0.717) is 43.2 Å². The molecular weight excluding hydrogens is 631 g/mol. The first kappa shape index (κ1) is 27.0. The van der Waals surface area contributed by atoms with Gasteiger partial charge in [-0.2, -0.15) is 9.78 Å². The van der Waals surface area contributed by atoms with Gasteiger partial charge in [0.1, 0.15) is 17.4 Å². The van der Waals surface area contributed by atoms with Crippen LogP contribution in [-0.2, 0) is 4.79 Å². The number of ether oxygens (including phenoxy) is 1. The Balaban J connectivity index is 1.66. The zero-order chi connectivity index (χ0) is 26.7. The van der Waals surface area contributed by atoms with E-state index < -0.39 is 11.7 Å². The topological polar surface area (TPSA) is 85.6 Å². The van der Waals surface area contributed by atoms with Gasteiger partial charge in [-0.1, -0.05) is 41.4 Å². The first-order chi connectivity index (χ1) is 17.6. The van der Waals surface area contributed by atoms with Crippen molar-refractivity contribution in [2.75, 3.05) is 11.9 Å². The van der Waals surface area contributed by atoms with Crippen LogP contribution in [0, 0.1) is 5.82 Å². The van der Waals surface area contributed by atoms with Gasteiger partial charge in [-0.3, -0.25) is 9.59 Å². The number of anilines is 1. The van der Waals surface area contributed by atoms with Gasteiger partial charge in [-0.15, -0.1) is 0 Å². The van der Waals surface area contributed by atoms with E-state index in [0.717, 1.165) is 4.47 Å². The number of nitrogens with one attached hydrogen (secondary N) is 1. The van der Waals surface area contributed by atoms with E-state index in [2.05, 4.69) is 47.3 Å².